The van der Waals surface area contributed by atoms with Crippen LogP contribution in [0.1, 0.15) is 13.3 Å². The maximum absolute atomic E-state index is 12.0. The molecule has 0 bridgehead atoms. The van der Waals surface area contributed by atoms with Crippen LogP contribution in [0.4, 0.5) is 0 Å². The summed E-state index contributed by atoms with van der Waals surface area (Å²) in [5.41, 5.74) is 0.208. The van der Waals surface area contributed by atoms with E-state index in [1.807, 2.05) is 0 Å². The summed E-state index contributed by atoms with van der Waals surface area (Å²) < 4.78 is 2.61. The molecule has 2 heterocycles. The number of pyridine rings is 1. The van der Waals surface area contributed by atoms with E-state index in [9.17, 15) is 14.4 Å². The number of carbonyl (C=O) groups excluding carboxylic acids is 1. The fourth-order valence-corrected chi connectivity index (χ4v) is 1.76. The van der Waals surface area contributed by atoms with Crippen molar-refractivity contribution in [2.24, 2.45) is 5.92 Å². The summed E-state index contributed by atoms with van der Waals surface area (Å²) in [4.78, 5) is 34.2. The van der Waals surface area contributed by atoms with Crippen molar-refractivity contribution in [1.82, 2.24) is 19.5 Å². The molecule has 0 aliphatic heterocycles. The van der Waals surface area contributed by atoms with Crippen molar-refractivity contribution in [2.75, 3.05) is 6.54 Å². The van der Waals surface area contributed by atoms with Crippen LogP contribution in [0.5, 0.6) is 0 Å². The Morgan fingerprint density at radius 3 is 2.86 bits per heavy atom. The summed E-state index contributed by atoms with van der Waals surface area (Å²) in [5, 5.41) is 15.3. The van der Waals surface area contributed by atoms with Gasteiger partial charge in [-0.3, -0.25) is 14.0 Å². The number of hydrogen-bond acceptors (Lipinski definition) is 4. The van der Waals surface area contributed by atoms with E-state index in [2.05, 4.69) is 10.4 Å². The molecule has 2 N–H and O–H groups in total. The summed E-state index contributed by atoms with van der Waals surface area (Å²) in [6.45, 7) is 1.72. The second-order valence-corrected chi connectivity index (χ2v) is 4.73. The lowest BCUT2D eigenvalue weighted by Gasteiger charge is -2.07. The van der Waals surface area contributed by atoms with Crippen molar-refractivity contribution >= 4 is 17.5 Å². The molecule has 1 unspecified atom stereocenters. The Labute approximate surface area is 120 Å². The minimum absolute atomic E-state index is 0.0637. The van der Waals surface area contributed by atoms with Gasteiger partial charge in [0.15, 0.2) is 5.65 Å². The first-order valence-electron chi connectivity index (χ1n) is 6.52. The van der Waals surface area contributed by atoms with E-state index in [0.29, 0.717) is 5.65 Å². The molecule has 0 spiro atoms. The van der Waals surface area contributed by atoms with E-state index in [-0.39, 0.29) is 31.1 Å². The molecule has 0 aliphatic rings. The third kappa shape index (κ3) is 3.47. The number of nitrogens with one attached hydrogen (secondary N) is 1. The molecule has 0 aromatic carbocycles. The number of hydrogen-bond donors (Lipinski definition) is 2. The SMILES string of the molecule is CC(CNC(=O)CCn1nc2ccccn2c1=O)C(=O)O. The normalized spacial score (nSPS) is 12.2. The Kier molecular flexibility index (Phi) is 4.36. The monoisotopic (exact) mass is 292 g/mol. The molecule has 2 rings (SSSR count). The molecule has 1 amide bonds. The first-order valence-corrected chi connectivity index (χ1v) is 6.52. The molecule has 0 fully saturated rings. The Bertz CT molecular complexity index is 718. The number of aromatic nitrogens is 3. The molecule has 0 aliphatic carbocycles. The lowest BCUT2D eigenvalue weighted by atomic mass is 10.2. The zero-order valence-corrected chi connectivity index (χ0v) is 11.5. The Morgan fingerprint density at radius 1 is 1.43 bits per heavy atom. The van der Waals surface area contributed by atoms with Crippen LogP contribution < -0.4 is 11.0 Å². The summed E-state index contributed by atoms with van der Waals surface area (Å²) in [6, 6.07) is 5.19. The topological polar surface area (TPSA) is 106 Å². The highest BCUT2D eigenvalue weighted by atomic mass is 16.4. The zero-order valence-electron chi connectivity index (χ0n) is 11.5. The number of fused-ring (bicyclic) bond motifs is 1. The number of aryl methyl sites for hydroxylation is 1. The van der Waals surface area contributed by atoms with E-state index >= 15 is 0 Å². The number of carboxylic acid groups (broad SMARTS) is 1. The summed E-state index contributed by atoms with van der Waals surface area (Å²) in [7, 11) is 0. The fourth-order valence-electron chi connectivity index (χ4n) is 1.76. The second kappa shape index (κ2) is 6.21. The van der Waals surface area contributed by atoms with Crippen LogP contribution >= 0.6 is 0 Å². The third-order valence-corrected chi connectivity index (χ3v) is 3.07. The van der Waals surface area contributed by atoms with Gasteiger partial charge in [0.05, 0.1) is 12.5 Å². The lowest BCUT2D eigenvalue weighted by molar-refractivity contribution is -0.141. The van der Waals surface area contributed by atoms with E-state index in [1.165, 1.54) is 16.0 Å². The summed E-state index contributed by atoms with van der Waals surface area (Å²) in [5.74, 6) is -1.93. The van der Waals surface area contributed by atoms with Gasteiger partial charge in [-0.2, -0.15) is 0 Å². The van der Waals surface area contributed by atoms with Gasteiger partial charge in [0, 0.05) is 19.2 Å². The van der Waals surface area contributed by atoms with Gasteiger partial charge in [0.2, 0.25) is 5.91 Å². The van der Waals surface area contributed by atoms with Crippen LogP contribution in [0.2, 0.25) is 0 Å². The van der Waals surface area contributed by atoms with E-state index in [0.717, 1.165) is 0 Å². The van der Waals surface area contributed by atoms with Crippen molar-refractivity contribution in [1.29, 1.82) is 0 Å². The number of nitrogens with zero attached hydrogens (tertiary/aromatic N) is 3. The second-order valence-electron chi connectivity index (χ2n) is 4.73. The highest BCUT2D eigenvalue weighted by Crippen LogP contribution is 1.96. The van der Waals surface area contributed by atoms with Gasteiger partial charge in [-0.05, 0) is 12.1 Å². The van der Waals surface area contributed by atoms with E-state index in [1.54, 1.807) is 24.4 Å². The first kappa shape index (κ1) is 14.8. The smallest absolute Gasteiger partial charge is 0.350 e. The Balaban J connectivity index is 1.93. The van der Waals surface area contributed by atoms with Gasteiger partial charge in [0.1, 0.15) is 0 Å². The van der Waals surface area contributed by atoms with Gasteiger partial charge in [-0.1, -0.05) is 13.0 Å². The number of carboxylic acids is 1. The third-order valence-electron chi connectivity index (χ3n) is 3.07. The molecule has 0 saturated heterocycles. The van der Waals surface area contributed by atoms with Gasteiger partial charge in [-0.25, -0.2) is 9.48 Å². The Morgan fingerprint density at radius 2 is 2.19 bits per heavy atom. The van der Waals surface area contributed by atoms with Crippen molar-refractivity contribution in [2.45, 2.75) is 19.9 Å². The van der Waals surface area contributed by atoms with Gasteiger partial charge in [0.25, 0.3) is 0 Å². The molecule has 21 heavy (non-hydrogen) atoms. The predicted molar refractivity (Wildman–Crippen MR) is 73.9 cm³/mol. The van der Waals surface area contributed by atoms with Gasteiger partial charge >= 0.3 is 11.7 Å². The number of rotatable bonds is 6. The number of amides is 1. The lowest BCUT2D eigenvalue weighted by Crippen LogP contribution is -2.33. The van der Waals surface area contributed by atoms with Crippen LogP contribution in [0.25, 0.3) is 5.65 Å². The molecule has 0 radical (unpaired) electrons. The maximum Gasteiger partial charge on any atom is 0.350 e. The molecule has 2 aromatic rings. The van der Waals surface area contributed by atoms with Crippen molar-refractivity contribution in [3.63, 3.8) is 0 Å². The fraction of sp³-hybridized carbons (Fsp3) is 0.385. The molecular weight excluding hydrogens is 276 g/mol. The molecular formula is C13H16N4O4. The highest BCUT2D eigenvalue weighted by molar-refractivity contribution is 5.77. The molecule has 0 saturated carbocycles. The van der Waals surface area contributed by atoms with Crippen LogP contribution in [0.15, 0.2) is 29.2 Å². The van der Waals surface area contributed by atoms with Crippen LogP contribution in [-0.4, -0.2) is 37.7 Å². The summed E-state index contributed by atoms with van der Waals surface area (Å²) in [6.07, 6.45) is 1.67. The first-order chi connectivity index (χ1) is 9.99. The zero-order chi connectivity index (χ0) is 15.4. The quantitative estimate of drug-likeness (QED) is 0.762. The Hall–Kier alpha value is -2.64. The van der Waals surface area contributed by atoms with Gasteiger partial charge < -0.3 is 10.4 Å². The van der Waals surface area contributed by atoms with Crippen molar-refractivity contribution in [3.8, 4) is 0 Å². The standard InChI is InChI=1S/C13H16N4O4/c1-9(12(19)20)8-14-11(18)5-7-17-13(21)16-6-3-2-4-10(16)15-17/h2-4,6,9H,5,7-8H2,1H3,(H,14,18)(H,19,20). The van der Waals surface area contributed by atoms with Crippen molar-refractivity contribution < 1.29 is 14.7 Å². The summed E-state index contributed by atoms with van der Waals surface area (Å²) >= 11 is 0. The van der Waals surface area contributed by atoms with Crippen LogP contribution in [-0.2, 0) is 16.1 Å². The predicted octanol–water partition coefficient (Wildman–Crippen LogP) is -0.277. The van der Waals surface area contributed by atoms with Crippen LogP contribution in [0, 0.1) is 5.92 Å². The van der Waals surface area contributed by atoms with Gasteiger partial charge in [-0.15, -0.1) is 5.10 Å². The number of carbonyl (C=O) groups is 2. The minimum Gasteiger partial charge on any atom is -0.481 e. The van der Waals surface area contributed by atoms with Crippen molar-refractivity contribution in [3.05, 3.63) is 34.9 Å². The molecule has 8 nitrogen and oxygen atoms in total. The maximum atomic E-state index is 12.0. The number of aliphatic carboxylic acids is 1. The molecule has 8 heteroatoms. The molecule has 1 atom stereocenters. The molecule has 2 aromatic heterocycles. The largest absolute Gasteiger partial charge is 0.481 e. The van der Waals surface area contributed by atoms with E-state index < -0.39 is 11.9 Å². The highest BCUT2D eigenvalue weighted by Gasteiger charge is 2.13. The average molecular weight is 292 g/mol. The molecule has 112 valence electrons. The average Bonchev–Trinajstić information content (AvgIpc) is 2.79. The van der Waals surface area contributed by atoms with E-state index in [4.69, 9.17) is 5.11 Å². The van der Waals surface area contributed by atoms with Crippen LogP contribution in [0.3, 0.4) is 0 Å². The minimum atomic E-state index is -0.966.